The van der Waals surface area contributed by atoms with Crippen LogP contribution in [0.2, 0.25) is 5.02 Å². The smallest absolute Gasteiger partial charge is 0.194 e. The number of halogens is 1. The lowest BCUT2D eigenvalue weighted by Gasteiger charge is -2.11. The van der Waals surface area contributed by atoms with Crippen molar-refractivity contribution in [3.05, 3.63) is 46.1 Å². The van der Waals surface area contributed by atoms with Crippen molar-refractivity contribution in [3.8, 4) is 5.75 Å². The Morgan fingerprint density at radius 1 is 1.33 bits per heavy atom. The summed E-state index contributed by atoms with van der Waals surface area (Å²) in [6, 6.07) is 3.23. The maximum atomic E-state index is 12.5. The summed E-state index contributed by atoms with van der Waals surface area (Å²) in [6.07, 6.45) is 1.96. The van der Waals surface area contributed by atoms with Gasteiger partial charge in [-0.15, -0.1) is 0 Å². The average Bonchev–Trinajstić information content (AvgIpc) is 2.96. The SMILES string of the molecule is COc1ccc(C(C)=O)c(CC(=O)c2coc(CC(C)C)n2)c1Cl. The minimum Gasteiger partial charge on any atom is -0.495 e. The molecule has 0 N–H and O–H groups in total. The third kappa shape index (κ3) is 4.03. The van der Waals surface area contributed by atoms with Crippen LogP contribution in [0.25, 0.3) is 0 Å². The summed E-state index contributed by atoms with van der Waals surface area (Å²) in [7, 11) is 1.48. The summed E-state index contributed by atoms with van der Waals surface area (Å²) in [6.45, 7) is 5.52. The second kappa shape index (κ2) is 7.62. The normalized spacial score (nSPS) is 10.9. The van der Waals surface area contributed by atoms with Crippen molar-refractivity contribution in [2.24, 2.45) is 5.92 Å². The van der Waals surface area contributed by atoms with Gasteiger partial charge in [0.25, 0.3) is 0 Å². The first-order valence-corrected chi connectivity index (χ1v) is 8.05. The number of Topliss-reactive ketones (excluding diaryl/α,β-unsaturated/α-hetero) is 2. The lowest BCUT2D eigenvalue weighted by Crippen LogP contribution is -2.10. The van der Waals surface area contributed by atoms with Crippen LogP contribution < -0.4 is 4.74 Å². The third-order valence-electron chi connectivity index (χ3n) is 3.56. The van der Waals surface area contributed by atoms with Crippen LogP contribution in [0.3, 0.4) is 0 Å². The molecule has 2 aromatic rings. The van der Waals surface area contributed by atoms with Gasteiger partial charge in [-0.05, 0) is 30.5 Å². The molecule has 0 aliphatic rings. The van der Waals surface area contributed by atoms with Crippen LogP contribution in [-0.2, 0) is 12.8 Å². The largest absolute Gasteiger partial charge is 0.495 e. The van der Waals surface area contributed by atoms with Gasteiger partial charge in [-0.3, -0.25) is 9.59 Å². The Morgan fingerprint density at radius 3 is 2.62 bits per heavy atom. The molecule has 0 saturated heterocycles. The van der Waals surface area contributed by atoms with Crippen LogP contribution in [0.15, 0.2) is 22.8 Å². The molecule has 6 heteroatoms. The van der Waals surface area contributed by atoms with Gasteiger partial charge >= 0.3 is 0 Å². The monoisotopic (exact) mass is 349 g/mol. The second-order valence-corrected chi connectivity index (χ2v) is 6.37. The minimum absolute atomic E-state index is 0.0431. The van der Waals surface area contributed by atoms with E-state index in [0.717, 1.165) is 0 Å². The summed E-state index contributed by atoms with van der Waals surface area (Å²) in [5, 5.41) is 0.268. The van der Waals surface area contributed by atoms with E-state index in [1.165, 1.54) is 20.3 Å². The maximum Gasteiger partial charge on any atom is 0.194 e. The molecule has 0 unspecified atom stereocenters. The van der Waals surface area contributed by atoms with Gasteiger partial charge in [0.2, 0.25) is 0 Å². The van der Waals surface area contributed by atoms with E-state index >= 15 is 0 Å². The average molecular weight is 350 g/mol. The summed E-state index contributed by atoms with van der Waals surface area (Å²) in [5.41, 5.74) is 1.08. The summed E-state index contributed by atoms with van der Waals surface area (Å²) in [4.78, 5) is 28.5. The molecule has 2 rings (SSSR count). The van der Waals surface area contributed by atoms with Crippen molar-refractivity contribution in [2.75, 3.05) is 7.11 Å². The second-order valence-electron chi connectivity index (χ2n) is 5.99. The van der Waals surface area contributed by atoms with E-state index in [2.05, 4.69) is 4.98 Å². The van der Waals surface area contributed by atoms with Crippen molar-refractivity contribution in [1.29, 1.82) is 0 Å². The third-order valence-corrected chi connectivity index (χ3v) is 3.98. The molecule has 0 bridgehead atoms. The molecule has 0 aliphatic heterocycles. The Bertz CT molecular complexity index is 764. The van der Waals surface area contributed by atoms with Crippen LogP contribution in [0, 0.1) is 5.92 Å². The van der Waals surface area contributed by atoms with Gasteiger partial charge < -0.3 is 9.15 Å². The molecule has 1 aromatic heterocycles. The molecular weight excluding hydrogens is 330 g/mol. The van der Waals surface area contributed by atoms with Crippen LogP contribution in [-0.4, -0.2) is 23.7 Å². The molecule has 0 spiro atoms. The summed E-state index contributed by atoms with van der Waals surface area (Å²) < 4.78 is 10.5. The molecular formula is C18H20ClNO4. The van der Waals surface area contributed by atoms with Gasteiger partial charge in [-0.25, -0.2) is 4.98 Å². The summed E-state index contributed by atoms with van der Waals surface area (Å²) >= 11 is 6.29. The van der Waals surface area contributed by atoms with Crippen molar-refractivity contribution in [2.45, 2.75) is 33.6 Å². The number of benzene rings is 1. The number of hydrogen-bond acceptors (Lipinski definition) is 5. The van der Waals surface area contributed by atoms with Crippen LogP contribution >= 0.6 is 11.6 Å². The van der Waals surface area contributed by atoms with E-state index in [-0.39, 0.29) is 28.7 Å². The van der Waals surface area contributed by atoms with Crippen molar-refractivity contribution in [1.82, 2.24) is 4.98 Å². The van der Waals surface area contributed by atoms with Crippen molar-refractivity contribution >= 4 is 23.2 Å². The lowest BCUT2D eigenvalue weighted by molar-refractivity contribution is 0.0987. The van der Waals surface area contributed by atoms with Gasteiger partial charge in [0, 0.05) is 18.4 Å². The van der Waals surface area contributed by atoms with E-state index < -0.39 is 0 Å². The molecule has 1 aromatic carbocycles. The van der Waals surface area contributed by atoms with Gasteiger partial charge in [-0.1, -0.05) is 25.4 Å². The Labute approximate surface area is 146 Å². The molecule has 5 nitrogen and oxygen atoms in total. The number of aromatic nitrogens is 1. The predicted molar refractivity (Wildman–Crippen MR) is 91.1 cm³/mol. The lowest BCUT2D eigenvalue weighted by atomic mass is 9.98. The standard InChI is InChI=1S/C18H20ClNO4/c1-10(2)7-17-20-14(9-24-17)15(22)8-13-12(11(3)21)5-6-16(23-4)18(13)19/h5-6,9-10H,7-8H2,1-4H3. The first kappa shape index (κ1) is 18.2. The van der Waals surface area contributed by atoms with Gasteiger partial charge in [0.05, 0.1) is 12.1 Å². The Balaban J connectivity index is 2.31. The number of nitrogens with zero attached hydrogens (tertiary/aromatic N) is 1. The molecule has 0 aliphatic carbocycles. The highest BCUT2D eigenvalue weighted by molar-refractivity contribution is 6.33. The highest BCUT2D eigenvalue weighted by atomic mass is 35.5. The maximum absolute atomic E-state index is 12.5. The number of rotatable bonds is 7. The fraction of sp³-hybridized carbons (Fsp3) is 0.389. The molecule has 0 atom stereocenters. The highest BCUT2D eigenvalue weighted by Crippen LogP contribution is 2.32. The van der Waals surface area contributed by atoms with Gasteiger partial charge in [0.1, 0.15) is 17.7 Å². The topological polar surface area (TPSA) is 69.4 Å². The molecule has 1 heterocycles. The van der Waals surface area contributed by atoms with Gasteiger partial charge in [-0.2, -0.15) is 0 Å². The van der Waals surface area contributed by atoms with Crippen LogP contribution in [0.1, 0.15) is 53.1 Å². The Kier molecular flexibility index (Phi) is 5.78. The van der Waals surface area contributed by atoms with Crippen LogP contribution in [0.5, 0.6) is 5.75 Å². The zero-order valence-electron chi connectivity index (χ0n) is 14.2. The zero-order valence-corrected chi connectivity index (χ0v) is 14.9. The molecule has 0 amide bonds. The Morgan fingerprint density at radius 2 is 2.04 bits per heavy atom. The molecule has 24 heavy (non-hydrogen) atoms. The number of carbonyl (C=O) groups excluding carboxylic acids is 2. The van der Waals surface area contributed by atoms with Crippen LogP contribution in [0.4, 0.5) is 0 Å². The molecule has 128 valence electrons. The number of oxazole rings is 1. The molecule has 0 saturated carbocycles. The Hall–Kier alpha value is -2.14. The number of methoxy groups -OCH3 is 1. The van der Waals surface area contributed by atoms with E-state index in [1.54, 1.807) is 12.1 Å². The van der Waals surface area contributed by atoms with Crippen molar-refractivity contribution in [3.63, 3.8) is 0 Å². The molecule has 0 radical (unpaired) electrons. The fourth-order valence-corrected chi connectivity index (χ4v) is 2.70. The number of ketones is 2. The number of hydrogen-bond donors (Lipinski definition) is 0. The predicted octanol–water partition coefficient (Wildman–Crippen LogP) is 4.16. The number of ether oxygens (including phenoxy) is 1. The van der Waals surface area contributed by atoms with E-state index in [1.807, 2.05) is 13.8 Å². The van der Waals surface area contributed by atoms with E-state index in [9.17, 15) is 9.59 Å². The van der Waals surface area contributed by atoms with E-state index in [0.29, 0.717) is 35.1 Å². The number of carbonyl (C=O) groups is 2. The molecule has 0 fully saturated rings. The minimum atomic E-state index is -0.258. The highest BCUT2D eigenvalue weighted by Gasteiger charge is 2.21. The van der Waals surface area contributed by atoms with E-state index in [4.69, 9.17) is 20.8 Å². The zero-order chi connectivity index (χ0) is 17.9. The van der Waals surface area contributed by atoms with Crippen molar-refractivity contribution < 1.29 is 18.7 Å². The fourth-order valence-electron chi connectivity index (χ4n) is 2.39. The van der Waals surface area contributed by atoms with Gasteiger partial charge in [0.15, 0.2) is 17.5 Å². The first-order valence-electron chi connectivity index (χ1n) is 7.67. The first-order chi connectivity index (χ1) is 11.3. The summed E-state index contributed by atoms with van der Waals surface area (Å²) in [5.74, 6) is 0.903. The quantitative estimate of drug-likeness (QED) is 0.702.